The van der Waals surface area contributed by atoms with Crippen molar-refractivity contribution in [1.82, 2.24) is 15.2 Å². The van der Waals surface area contributed by atoms with Gasteiger partial charge in [-0.25, -0.2) is 4.98 Å². The molecule has 2 amide bonds. The molecule has 2 aliphatic heterocycles. The van der Waals surface area contributed by atoms with Crippen LogP contribution in [0.15, 0.2) is 12.3 Å². The molecule has 0 bridgehead atoms. The van der Waals surface area contributed by atoms with E-state index in [1.807, 2.05) is 6.92 Å². The van der Waals surface area contributed by atoms with Crippen LogP contribution in [0.4, 0.5) is 19.0 Å². The van der Waals surface area contributed by atoms with Gasteiger partial charge in [0.1, 0.15) is 11.9 Å². The molecular weight excluding hydrogens is 405 g/mol. The highest BCUT2D eigenvalue weighted by atomic mass is 35.5. The van der Waals surface area contributed by atoms with E-state index in [9.17, 15) is 22.8 Å². The molecule has 148 valence electrons. The minimum Gasteiger partial charge on any atom is -0.367 e. The number of aromatic nitrogens is 1. The maximum absolute atomic E-state index is 12.6. The van der Waals surface area contributed by atoms with Gasteiger partial charge in [-0.2, -0.15) is 13.2 Å². The SMILES string of the molecule is C[C@@]12CCC(=O)N1[C@@H](C(=O)NCCNc1ncc(C(F)(F)F)cc1Cl)CS2. The van der Waals surface area contributed by atoms with E-state index in [1.165, 1.54) is 0 Å². The number of pyridine rings is 1. The van der Waals surface area contributed by atoms with Gasteiger partial charge in [0.15, 0.2) is 0 Å². The molecule has 1 aromatic rings. The monoisotopic (exact) mass is 422 g/mol. The Labute approximate surface area is 163 Å². The molecule has 27 heavy (non-hydrogen) atoms. The summed E-state index contributed by atoms with van der Waals surface area (Å²) in [5, 5.41) is 5.38. The predicted octanol–water partition coefficient (Wildman–Crippen LogP) is 2.74. The lowest BCUT2D eigenvalue weighted by Crippen LogP contribution is -2.50. The third-order valence-corrected chi connectivity index (χ3v) is 6.43. The average Bonchev–Trinajstić information content (AvgIpc) is 3.08. The Morgan fingerprint density at radius 2 is 2.22 bits per heavy atom. The van der Waals surface area contributed by atoms with E-state index >= 15 is 0 Å². The normalized spacial score (nSPS) is 24.9. The molecule has 0 radical (unpaired) electrons. The van der Waals surface area contributed by atoms with Gasteiger partial charge >= 0.3 is 6.18 Å². The maximum atomic E-state index is 12.6. The van der Waals surface area contributed by atoms with E-state index in [1.54, 1.807) is 16.7 Å². The summed E-state index contributed by atoms with van der Waals surface area (Å²) in [5.74, 6) is 0.405. The Bertz CT molecular complexity index is 764. The molecule has 2 aliphatic rings. The molecule has 0 unspecified atom stereocenters. The van der Waals surface area contributed by atoms with Crippen molar-refractivity contribution in [3.63, 3.8) is 0 Å². The third-order valence-electron chi connectivity index (χ3n) is 4.63. The quantitative estimate of drug-likeness (QED) is 0.714. The number of anilines is 1. The molecule has 0 saturated carbocycles. The lowest BCUT2D eigenvalue weighted by molar-refractivity contribution is -0.138. The molecule has 3 heterocycles. The molecule has 1 aromatic heterocycles. The topological polar surface area (TPSA) is 74.3 Å². The summed E-state index contributed by atoms with van der Waals surface area (Å²) >= 11 is 7.42. The fourth-order valence-corrected chi connectivity index (χ4v) is 4.89. The first kappa shape index (κ1) is 20.1. The van der Waals surface area contributed by atoms with Crippen LogP contribution in [-0.4, -0.2) is 51.5 Å². The summed E-state index contributed by atoms with van der Waals surface area (Å²) in [6.07, 6.45) is -2.63. The van der Waals surface area contributed by atoms with E-state index < -0.39 is 17.8 Å². The van der Waals surface area contributed by atoms with Gasteiger partial charge in [0.2, 0.25) is 11.8 Å². The van der Waals surface area contributed by atoms with Gasteiger partial charge in [-0.3, -0.25) is 9.59 Å². The Hall–Kier alpha value is -1.68. The van der Waals surface area contributed by atoms with E-state index in [0.29, 0.717) is 18.4 Å². The van der Waals surface area contributed by atoms with Crippen molar-refractivity contribution in [2.24, 2.45) is 0 Å². The van der Waals surface area contributed by atoms with Crippen molar-refractivity contribution < 1.29 is 22.8 Å². The minimum atomic E-state index is -4.51. The number of nitrogens with one attached hydrogen (secondary N) is 2. The molecule has 2 atom stereocenters. The summed E-state index contributed by atoms with van der Waals surface area (Å²) in [7, 11) is 0. The Morgan fingerprint density at radius 1 is 1.48 bits per heavy atom. The van der Waals surface area contributed by atoms with Crippen LogP contribution in [-0.2, 0) is 15.8 Å². The number of hydrogen-bond donors (Lipinski definition) is 2. The number of fused-ring (bicyclic) bond motifs is 1. The van der Waals surface area contributed by atoms with Crippen LogP contribution in [0.25, 0.3) is 0 Å². The lowest BCUT2D eigenvalue weighted by Gasteiger charge is -2.29. The Kier molecular flexibility index (Phi) is 5.49. The molecule has 2 fully saturated rings. The highest BCUT2D eigenvalue weighted by Gasteiger charge is 2.52. The van der Waals surface area contributed by atoms with Crippen LogP contribution in [0.3, 0.4) is 0 Å². The number of amides is 2. The zero-order chi connectivity index (χ0) is 19.8. The highest BCUT2D eigenvalue weighted by molar-refractivity contribution is 8.01. The summed E-state index contributed by atoms with van der Waals surface area (Å²) < 4.78 is 37.8. The molecular formula is C16H18ClF3N4O2S. The van der Waals surface area contributed by atoms with Crippen molar-refractivity contribution >= 4 is 41.0 Å². The van der Waals surface area contributed by atoms with Gasteiger partial charge in [-0.1, -0.05) is 11.6 Å². The van der Waals surface area contributed by atoms with Gasteiger partial charge < -0.3 is 15.5 Å². The van der Waals surface area contributed by atoms with Crippen LogP contribution in [0, 0.1) is 0 Å². The number of rotatable bonds is 5. The van der Waals surface area contributed by atoms with E-state index in [2.05, 4.69) is 15.6 Å². The Morgan fingerprint density at radius 3 is 2.89 bits per heavy atom. The van der Waals surface area contributed by atoms with E-state index in [4.69, 9.17) is 11.6 Å². The molecule has 3 rings (SSSR count). The lowest BCUT2D eigenvalue weighted by atomic mass is 10.2. The van der Waals surface area contributed by atoms with Gasteiger partial charge in [0.05, 0.1) is 15.5 Å². The number of carbonyl (C=O) groups is 2. The number of nitrogens with zero attached hydrogens (tertiary/aromatic N) is 2. The second-order valence-corrected chi connectivity index (χ2v) is 8.44. The molecule has 2 saturated heterocycles. The molecule has 2 N–H and O–H groups in total. The smallest absolute Gasteiger partial charge is 0.367 e. The largest absolute Gasteiger partial charge is 0.417 e. The zero-order valence-electron chi connectivity index (χ0n) is 14.4. The highest BCUT2D eigenvalue weighted by Crippen LogP contribution is 2.47. The third kappa shape index (κ3) is 4.11. The maximum Gasteiger partial charge on any atom is 0.417 e. The summed E-state index contributed by atoms with van der Waals surface area (Å²) in [6, 6.07) is 0.299. The van der Waals surface area contributed by atoms with Crippen molar-refractivity contribution in [1.29, 1.82) is 0 Å². The molecule has 6 nitrogen and oxygen atoms in total. The summed E-state index contributed by atoms with van der Waals surface area (Å²) in [6.45, 7) is 2.42. The van der Waals surface area contributed by atoms with Gasteiger partial charge in [0, 0.05) is 31.5 Å². The van der Waals surface area contributed by atoms with Crippen LogP contribution in [0.1, 0.15) is 25.3 Å². The molecule has 0 spiro atoms. The number of alkyl halides is 3. The van der Waals surface area contributed by atoms with Crippen LogP contribution >= 0.6 is 23.4 Å². The molecule has 0 aliphatic carbocycles. The van der Waals surface area contributed by atoms with Gasteiger partial charge in [-0.15, -0.1) is 11.8 Å². The van der Waals surface area contributed by atoms with E-state index in [-0.39, 0.29) is 40.6 Å². The zero-order valence-corrected chi connectivity index (χ0v) is 16.0. The van der Waals surface area contributed by atoms with Crippen molar-refractivity contribution in [3.8, 4) is 0 Å². The van der Waals surface area contributed by atoms with Crippen molar-refractivity contribution in [2.45, 2.75) is 36.9 Å². The van der Waals surface area contributed by atoms with Gasteiger partial charge in [-0.05, 0) is 19.4 Å². The molecule has 11 heteroatoms. The first-order valence-electron chi connectivity index (χ1n) is 8.32. The van der Waals surface area contributed by atoms with Crippen molar-refractivity contribution in [3.05, 3.63) is 22.8 Å². The standard InChI is InChI=1S/C16H18ClF3N4O2S/c1-15-3-2-12(25)24(15)11(8-27-15)14(26)22-5-4-21-13-10(17)6-9(7-23-13)16(18,19)20/h6-7,11H,2-5,8H2,1H3,(H,21,23)(H,22,26)/t11-,15-/m1/s1. The first-order valence-corrected chi connectivity index (χ1v) is 9.68. The van der Waals surface area contributed by atoms with Gasteiger partial charge in [0.25, 0.3) is 0 Å². The first-order chi connectivity index (χ1) is 12.6. The van der Waals surface area contributed by atoms with Crippen LogP contribution in [0.5, 0.6) is 0 Å². The number of carbonyl (C=O) groups excluding carboxylic acids is 2. The predicted molar refractivity (Wildman–Crippen MR) is 96.5 cm³/mol. The second kappa shape index (κ2) is 7.38. The number of halogens is 4. The minimum absolute atomic E-state index is 0.0125. The van der Waals surface area contributed by atoms with Crippen LogP contribution in [0.2, 0.25) is 5.02 Å². The number of thioether (sulfide) groups is 1. The fourth-order valence-electron chi connectivity index (χ4n) is 3.22. The van der Waals surface area contributed by atoms with Crippen LogP contribution < -0.4 is 10.6 Å². The fraction of sp³-hybridized carbons (Fsp3) is 0.562. The summed E-state index contributed by atoms with van der Waals surface area (Å²) in [4.78, 5) is 29.5. The van der Waals surface area contributed by atoms with E-state index in [0.717, 1.165) is 12.5 Å². The number of hydrogen-bond acceptors (Lipinski definition) is 5. The average molecular weight is 423 g/mol. The van der Waals surface area contributed by atoms with Crippen molar-refractivity contribution in [2.75, 3.05) is 24.2 Å². The second-order valence-electron chi connectivity index (χ2n) is 6.54. The summed E-state index contributed by atoms with van der Waals surface area (Å²) in [5.41, 5.74) is -0.927. The Balaban J connectivity index is 1.49. The molecule has 0 aromatic carbocycles.